The third-order valence-electron chi connectivity index (χ3n) is 13.8. The molecule has 2 saturated carbocycles. The Morgan fingerprint density at radius 2 is 1.79 bits per heavy atom. The van der Waals surface area contributed by atoms with Crippen LogP contribution in [0.15, 0.2) is 11.1 Å². The third kappa shape index (κ3) is 4.92. The Balaban J connectivity index is 1.53. The lowest BCUT2D eigenvalue weighted by Crippen LogP contribution is -2.62. The van der Waals surface area contributed by atoms with E-state index >= 15 is 0 Å². The molecule has 0 bridgehead atoms. The van der Waals surface area contributed by atoms with E-state index in [0.717, 1.165) is 44.1 Å². The Morgan fingerprint density at radius 3 is 2.35 bits per heavy atom. The van der Waals surface area contributed by atoms with Crippen LogP contribution in [0, 0.1) is 51.8 Å². The van der Waals surface area contributed by atoms with Crippen molar-refractivity contribution in [2.75, 3.05) is 13.4 Å². The average molecular weight is 605 g/mol. The van der Waals surface area contributed by atoms with Gasteiger partial charge in [-0.2, -0.15) is 0 Å². The van der Waals surface area contributed by atoms with E-state index in [1.165, 1.54) is 12.5 Å². The van der Waals surface area contributed by atoms with Crippen molar-refractivity contribution >= 4 is 11.9 Å². The Labute approximate surface area is 257 Å². The lowest BCUT2D eigenvalue weighted by Gasteiger charge is -2.63. The molecular formula is C35H56O8. The van der Waals surface area contributed by atoms with Gasteiger partial charge in [-0.1, -0.05) is 47.1 Å². The number of carbonyl (C=O) groups excluding carboxylic acids is 2. The molecule has 43 heavy (non-hydrogen) atoms. The highest BCUT2D eigenvalue weighted by atomic mass is 16.6. The summed E-state index contributed by atoms with van der Waals surface area (Å²) < 4.78 is 17.1. The molecule has 8 nitrogen and oxygen atoms in total. The molecule has 0 amide bonds. The normalized spacial score (nSPS) is 44.1. The molecule has 5 aliphatic rings. The molecule has 5 rings (SSSR count). The molecule has 0 spiro atoms. The van der Waals surface area contributed by atoms with Crippen molar-refractivity contribution in [2.24, 2.45) is 51.8 Å². The van der Waals surface area contributed by atoms with Gasteiger partial charge in [0.2, 0.25) is 0 Å². The van der Waals surface area contributed by atoms with Gasteiger partial charge in [0, 0.05) is 12.3 Å². The number of carbonyl (C=O) groups is 2. The maximum atomic E-state index is 13.2. The summed E-state index contributed by atoms with van der Waals surface area (Å²) in [5.74, 6) is -0.233. The van der Waals surface area contributed by atoms with Crippen LogP contribution in [0.4, 0.5) is 0 Å². The van der Waals surface area contributed by atoms with Gasteiger partial charge in [-0.25, -0.2) is 0 Å². The second-order valence-electron chi connectivity index (χ2n) is 16.4. The molecule has 1 saturated heterocycles. The van der Waals surface area contributed by atoms with Crippen LogP contribution in [0.1, 0.15) is 107 Å². The van der Waals surface area contributed by atoms with Gasteiger partial charge < -0.3 is 29.5 Å². The molecule has 244 valence electrons. The Kier molecular flexibility index (Phi) is 8.27. The van der Waals surface area contributed by atoms with Gasteiger partial charge in [0.05, 0.1) is 18.1 Å². The maximum Gasteiger partial charge on any atom is 0.311 e. The molecule has 11 atom stereocenters. The first kappa shape index (κ1) is 32.9. The average Bonchev–Trinajstić information content (AvgIpc) is 3.63. The number of epoxide rings is 1. The zero-order chi connectivity index (χ0) is 31.9. The molecule has 0 radical (unpaired) electrons. The van der Waals surface area contributed by atoms with Crippen molar-refractivity contribution in [1.82, 2.24) is 0 Å². The van der Waals surface area contributed by atoms with Gasteiger partial charge in [-0.15, -0.1) is 0 Å². The molecule has 3 N–H and O–H groups in total. The van der Waals surface area contributed by atoms with Crippen molar-refractivity contribution in [3.63, 3.8) is 0 Å². The number of ether oxygens (including phenoxy) is 3. The van der Waals surface area contributed by atoms with Gasteiger partial charge in [0.1, 0.15) is 17.8 Å². The first-order valence-electron chi connectivity index (χ1n) is 16.6. The van der Waals surface area contributed by atoms with Crippen molar-refractivity contribution in [3.05, 3.63) is 11.1 Å². The van der Waals surface area contributed by atoms with Gasteiger partial charge in [-0.3, -0.25) is 9.59 Å². The number of esters is 2. The third-order valence-corrected chi connectivity index (χ3v) is 13.8. The highest BCUT2D eigenvalue weighted by Crippen LogP contribution is 2.70. The van der Waals surface area contributed by atoms with Crippen LogP contribution >= 0.6 is 0 Å². The lowest BCUT2D eigenvalue weighted by atomic mass is 9.42. The summed E-state index contributed by atoms with van der Waals surface area (Å²) in [6.45, 7) is 18.3. The summed E-state index contributed by atoms with van der Waals surface area (Å²) in [7, 11) is 0. The van der Waals surface area contributed by atoms with Gasteiger partial charge in [-0.05, 0) is 105 Å². The van der Waals surface area contributed by atoms with Gasteiger partial charge in [0.15, 0.2) is 6.79 Å². The molecular weight excluding hydrogens is 548 g/mol. The van der Waals surface area contributed by atoms with Crippen molar-refractivity contribution < 1.29 is 39.1 Å². The number of rotatable bonds is 8. The van der Waals surface area contributed by atoms with E-state index in [1.807, 2.05) is 13.8 Å². The first-order valence-corrected chi connectivity index (χ1v) is 16.6. The minimum Gasteiger partial charge on any atom is -0.459 e. The molecule has 0 aromatic rings. The van der Waals surface area contributed by atoms with Crippen molar-refractivity contribution in [2.45, 2.75) is 131 Å². The molecule has 0 aromatic carbocycles. The van der Waals surface area contributed by atoms with Crippen molar-refractivity contribution in [1.29, 1.82) is 0 Å². The molecule has 10 unspecified atom stereocenters. The second-order valence-corrected chi connectivity index (χ2v) is 16.4. The van der Waals surface area contributed by atoms with E-state index in [4.69, 9.17) is 14.2 Å². The highest BCUT2D eigenvalue weighted by Gasteiger charge is 2.67. The number of aliphatic hydroxyl groups excluding tert-OH is 2. The number of allylic oxidation sites excluding steroid dienone is 1. The van der Waals surface area contributed by atoms with E-state index < -0.39 is 52.9 Å². The number of hydrogen-bond acceptors (Lipinski definition) is 8. The molecule has 1 aliphatic heterocycles. The maximum absolute atomic E-state index is 13.2. The fourth-order valence-corrected chi connectivity index (χ4v) is 11.1. The topological polar surface area (TPSA) is 126 Å². The summed E-state index contributed by atoms with van der Waals surface area (Å²) in [5, 5.41) is 32.5. The van der Waals surface area contributed by atoms with E-state index in [1.54, 1.807) is 0 Å². The Hall–Kier alpha value is -1.48. The zero-order valence-electron chi connectivity index (χ0n) is 27.9. The first-order chi connectivity index (χ1) is 19.9. The van der Waals surface area contributed by atoms with E-state index in [0.29, 0.717) is 13.0 Å². The zero-order valence-corrected chi connectivity index (χ0v) is 27.9. The number of hydrogen-bond donors (Lipinski definition) is 3. The molecule has 3 fully saturated rings. The number of aliphatic hydroxyl groups is 3. The fourth-order valence-electron chi connectivity index (χ4n) is 11.1. The minimum absolute atomic E-state index is 0.0430. The smallest absolute Gasteiger partial charge is 0.311 e. The van der Waals surface area contributed by atoms with Crippen LogP contribution in [0.2, 0.25) is 0 Å². The molecule has 1 heterocycles. The SMILES string of the molecule is CC(=O)OC1C(O)C2=C(CCC3C2(C)CC(C(=O)OCO)C(C)C3(C)C)C2CC[C@H](C(C)CCC3(C(C)(C)O)CO3)C21C. The van der Waals surface area contributed by atoms with Crippen LogP contribution in [-0.4, -0.2) is 64.1 Å². The van der Waals surface area contributed by atoms with Gasteiger partial charge >= 0.3 is 11.9 Å². The summed E-state index contributed by atoms with van der Waals surface area (Å²) >= 11 is 0. The second kappa shape index (κ2) is 10.8. The Bertz CT molecular complexity index is 1150. The summed E-state index contributed by atoms with van der Waals surface area (Å²) in [5.41, 5.74) is -0.236. The molecule has 0 aromatic heterocycles. The Morgan fingerprint density at radius 1 is 1.14 bits per heavy atom. The summed E-state index contributed by atoms with van der Waals surface area (Å²) in [6, 6.07) is 0. The van der Waals surface area contributed by atoms with Crippen LogP contribution in [0.5, 0.6) is 0 Å². The standard InChI is InChI=1S/C35H56O8/c1-19(14-15-35(17-42-35)32(6,7)40)24-11-12-25-22-10-13-26-31(4,5)20(2)23(30(39)41-18-36)16-33(26,8)27(22)28(38)29(34(24,25)9)43-21(3)37/h19-20,23-26,28-29,36,38,40H,10-18H2,1-9H3/t19?,20?,23?,24-,25?,26?,28?,29?,33?,34?,35?/m1/s1. The monoisotopic (exact) mass is 604 g/mol. The quantitative estimate of drug-likeness (QED) is 0.150. The van der Waals surface area contributed by atoms with Crippen LogP contribution in [0.3, 0.4) is 0 Å². The number of fused-ring (bicyclic) bond motifs is 4. The van der Waals surface area contributed by atoms with Gasteiger partial charge in [0.25, 0.3) is 0 Å². The van der Waals surface area contributed by atoms with E-state index in [2.05, 4.69) is 41.5 Å². The van der Waals surface area contributed by atoms with E-state index in [-0.39, 0.29) is 41.0 Å². The summed E-state index contributed by atoms with van der Waals surface area (Å²) in [6.07, 6.45) is 4.36. The highest BCUT2D eigenvalue weighted by molar-refractivity contribution is 5.73. The molecule has 4 aliphatic carbocycles. The predicted molar refractivity (Wildman–Crippen MR) is 161 cm³/mol. The fraction of sp³-hybridized carbons (Fsp3) is 0.886. The largest absolute Gasteiger partial charge is 0.459 e. The summed E-state index contributed by atoms with van der Waals surface area (Å²) in [4.78, 5) is 25.8. The van der Waals surface area contributed by atoms with Crippen LogP contribution in [-0.2, 0) is 23.8 Å². The van der Waals surface area contributed by atoms with Crippen LogP contribution < -0.4 is 0 Å². The molecule has 8 heteroatoms. The van der Waals surface area contributed by atoms with Crippen molar-refractivity contribution in [3.8, 4) is 0 Å². The predicted octanol–water partition coefficient (Wildman–Crippen LogP) is 5.17. The van der Waals surface area contributed by atoms with Crippen LogP contribution in [0.25, 0.3) is 0 Å². The van der Waals surface area contributed by atoms with E-state index in [9.17, 15) is 24.9 Å². The lowest BCUT2D eigenvalue weighted by molar-refractivity contribution is -0.181. The minimum atomic E-state index is -0.964.